The van der Waals surface area contributed by atoms with Crippen molar-refractivity contribution in [2.24, 2.45) is 5.92 Å². The highest BCUT2D eigenvalue weighted by molar-refractivity contribution is 5.82. The number of hydrogen-bond donors (Lipinski definition) is 2. The second-order valence-corrected chi connectivity index (χ2v) is 5.31. The molecule has 0 aromatic heterocycles. The fourth-order valence-electron chi connectivity index (χ4n) is 2.54. The molecule has 0 spiro atoms. The first-order chi connectivity index (χ1) is 8.70. The molecule has 1 amide bonds. The Labute approximate surface area is 111 Å². The minimum atomic E-state index is -0.0391. The Morgan fingerprint density at radius 3 is 2.67 bits per heavy atom. The van der Waals surface area contributed by atoms with Crippen LogP contribution in [0.25, 0.3) is 0 Å². The van der Waals surface area contributed by atoms with Crippen LogP contribution in [0.5, 0.6) is 0 Å². The van der Waals surface area contributed by atoms with Crippen molar-refractivity contribution in [3.05, 3.63) is 0 Å². The van der Waals surface area contributed by atoms with Crippen molar-refractivity contribution < 1.29 is 9.90 Å². The van der Waals surface area contributed by atoms with E-state index in [9.17, 15) is 4.79 Å². The first kappa shape index (κ1) is 15.4. The van der Waals surface area contributed by atoms with Crippen molar-refractivity contribution in [2.45, 2.75) is 52.0 Å². The lowest BCUT2D eigenvalue weighted by atomic mass is 10.0. The van der Waals surface area contributed by atoms with Crippen molar-refractivity contribution in [1.82, 2.24) is 10.2 Å². The van der Waals surface area contributed by atoms with Crippen molar-refractivity contribution in [1.29, 1.82) is 0 Å². The van der Waals surface area contributed by atoms with Crippen molar-refractivity contribution >= 4 is 5.91 Å². The Morgan fingerprint density at radius 2 is 2.11 bits per heavy atom. The van der Waals surface area contributed by atoms with Gasteiger partial charge in [0.15, 0.2) is 0 Å². The monoisotopic (exact) mass is 256 g/mol. The van der Waals surface area contributed by atoms with Gasteiger partial charge in [0.1, 0.15) is 0 Å². The van der Waals surface area contributed by atoms with Gasteiger partial charge in [-0.1, -0.05) is 33.1 Å². The minimum Gasteiger partial charge on any atom is -0.395 e. The second kappa shape index (κ2) is 8.48. The molecule has 0 aromatic rings. The molecule has 1 fully saturated rings. The normalized spacial score (nSPS) is 23.3. The molecule has 1 saturated heterocycles. The fourth-order valence-corrected chi connectivity index (χ4v) is 2.54. The zero-order chi connectivity index (χ0) is 13.4. The van der Waals surface area contributed by atoms with Crippen LogP contribution in [0.2, 0.25) is 0 Å². The summed E-state index contributed by atoms with van der Waals surface area (Å²) in [5.41, 5.74) is 0. The Balaban J connectivity index is 2.41. The van der Waals surface area contributed by atoms with Gasteiger partial charge in [0, 0.05) is 13.1 Å². The molecule has 106 valence electrons. The van der Waals surface area contributed by atoms with E-state index in [1.807, 2.05) is 4.90 Å². The van der Waals surface area contributed by atoms with Crippen LogP contribution in [0.4, 0.5) is 0 Å². The first-order valence-electron chi connectivity index (χ1n) is 7.33. The standard InChI is InChI=1S/C14H28N2O2/c1-3-4-5-6-9-16(10-11-17)14(18)13-12(2)7-8-15-13/h12-13,15,17H,3-11H2,1-2H3. The summed E-state index contributed by atoms with van der Waals surface area (Å²) in [4.78, 5) is 14.2. The van der Waals surface area contributed by atoms with E-state index in [1.165, 1.54) is 19.3 Å². The summed E-state index contributed by atoms with van der Waals surface area (Å²) in [6, 6.07) is -0.0391. The third-order valence-electron chi connectivity index (χ3n) is 3.76. The van der Waals surface area contributed by atoms with E-state index in [0.717, 1.165) is 25.9 Å². The predicted octanol–water partition coefficient (Wildman–Crippen LogP) is 1.39. The van der Waals surface area contributed by atoms with E-state index in [4.69, 9.17) is 5.11 Å². The number of nitrogens with zero attached hydrogens (tertiary/aromatic N) is 1. The average molecular weight is 256 g/mol. The molecule has 4 heteroatoms. The summed E-state index contributed by atoms with van der Waals surface area (Å²) in [7, 11) is 0. The number of amides is 1. The number of aliphatic hydroxyl groups excluding tert-OH is 1. The summed E-state index contributed by atoms with van der Waals surface area (Å²) in [6.45, 7) is 6.54. The number of unbranched alkanes of at least 4 members (excludes halogenated alkanes) is 3. The third kappa shape index (κ3) is 4.58. The van der Waals surface area contributed by atoms with E-state index in [1.54, 1.807) is 0 Å². The lowest BCUT2D eigenvalue weighted by Crippen LogP contribution is -2.47. The summed E-state index contributed by atoms with van der Waals surface area (Å²) >= 11 is 0. The van der Waals surface area contributed by atoms with Crippen LogP contribution in [-0.4, -0.2) is 48.2 Å². The number of carbonyl (C=O) groups excluding carboxylic acids is 1. The summed E-state index contributed by atoms with van der Waals surface area (Å²) < 4.78 is 0. The van der Waals surface area contributed by atoms with Gasteiger partial charge in [0.2, 0.25) is 5.91 Å². The van der Waals surface area contributed by atoms with E-state index in [0.29, 0.717) is 12.5 Å². The Hall–Kier alpha value is -0.610. The van der Waals surface area contributed by atoms with Crippen molar-refractivity contribution in [3.63, 3.8) is 0 Å². The van der Waals surface area contributed by atoms with E-state index >= 15 is 0 Å². The lowest BCUT2D eigenvalue weighted by molar-refractivity contribution is -0.134. The maximum absolute atomic E-state index is 12.4. The highest BCUT2D eigenvalue weighted by atomic mass is 16.3. The Kier molecular flexibility index (Phi) is 7.28. The third-order valence-corrected chi connectivity index (χ3v) is 3.76. The largest absolute Gasteiger partial charge is 0.395 e. The molecule has 0 aromatic carbocycles. The molecule has 2 unspecified atom stereocenters. The molecule has 1 heterocycles. The van der Waals surface area contributed by atoms with Gasteiger partial charge in [0.05, 0.1) is 12.6 Å². The van der Waals surface area contributed by atoms with E-state index in [2.05, 4.69) is 19.2 Å². The van der Waals surface area contributed by atoms with Crippen LogP contribution in [0, 0.1) is 5.92 Å². The number of carbonyl (C=O) groups is 1. The topological polar surface area (TPSA) is 52.6 Å². The Bertz CT molecular complexity index is 246. The molecule has 1 aliphatic rings. The fraction of sp³-hybridized carbons (Fsp3) is 0.929. The molecule has 4 nitrogen and oxygen atoms in total. The van der Waals surface area contributed by atoms with Crippen LogP contribution in [0.3, 0.4) is 0 Å². The molecule has 1 aliphatic heterocycles. The van der Waals surface area contributed by atoms with Gasteiger partial charge < -0.3 is 15.3 Å². The highest BCUT2D eigenvalue weighted by Crippen LogP contribution is 2.17. The molecule has 0 saturated carbocycles. The van der Waals surface area contributed by atoms with Crippen LogP contribution in [-0.2, 0) is 4.79 Å². The van der Waals surface area contributed by atoms with E-state index < -0.39 is 0 Å². The quantitative estimate of drug-likeness (QED) is 0.645. The van der Waals surface area contributed by atoms with Gasteiger partial charge in [-0.25, -0.2) is 0 Å². The molecule has 0 aliphatic carbocycles. The smallest absolute Gasteiger partial charge is 0.240 e. The molecule has 1 rings (SSSR count). The zero-order valence-electron chi connectivity index (χ0n) is 11.8. The molecule has 0 bridgehead atoms. The van der Waals surface area contributed by atoms with Crippen molar-refractivity contribution in [3.8, 4) is 0 Å². The second-order valence-electron chi connectivity index (χ2n) is 5.31. The maximum Gasteiger partial charge on any atom is 0.240 e. The number of hydrogen-bond acceptors (Lipinski definition) is 3. The summed E-state index contributed by atoms with van der Waals surface area (Å²) in [5.74, 6) is 0.583. The highest BCUT2D eigenvalue weighted by Gasteiger charge is 2.32. The Morgan fingerprint density at radius 1 is 1.33 bits per heavy atom. The van der Waals surface area contributed by atoms with Crippen molar-refractivity contribution in [2.75, 3.05) is 26.2 Å². The number of rotatable bonds is 8. The lowest BCUT2D eigenvalue weighted by Gasteiger charge is -2.26. The van der Waals surface area contributed by atoms with Gasteiger partial charge in [-0.2, -0.15) is 0 Å². The molecule has 18 heavy (non-hydrogen) atoms. The number of nitrogens with one attached hydrogen (secondary N) is 1. The minimum absolute atomic E-state index is 0.0391. The molecular formula is C14H28N2O2. The molecule has 2 N–H and O–H groups in total. The van der Waals surface area contributed by atoms with Gasteiger partial charge >= 0.3 is 0 Å². The van der Waals surface area contributed by atoms with Crippen LogP contribution < -0.4 is 5.32 Å². The van der Waals surface area contributed by atoms with Gasteiger partial charge in [-0.15, -0.1) is 0 Å². The van der Waals surface area contributed by atoms with Crippen LogP contribution >= 0.6 is 0 Å². The molecule has 0 radical (unpaired) electrons. The average Bonchev–Trinajstić information content (AvgIpc) is 2.78. The SMILES string of the molecule is CCCCCCN(CCO)C(=O)C1NCCC1C. The first-order valence-corrected chi connectivity index (χ1v) is 7.33. The molecule has 2 atom stereocenters. The maximum atomic E-state index is 12.4. The van der Waals surface area contributed by atoms with E-state index in [-0.39, 0.29) is 18.6 Å². The summed E-state index contributed by atoms with van der Waals surface area (Å²) in [6.07, 6.45) is 5.70. The summed E-state index contributed by atoms with van der Waals surface area (Å²) in [5, 5.41) is 12.4. The molecular weight excluding hydrogens is 228 g/mol. The number of aliphatic hydroxyl groups is 1. The van der Waals surface area contributed by atoms with Crippen LogP contribution in [0.1, 0.15) is 46.0 Å². The van der Waals surface area contributed by atoms with Gasteiger partial charge in [-0.05, 0) is 25.3 Å². The zero-order valence-corrected chi connectivity index (χ0v) is 11.8. The van der Waals surface area contributed by atoms with Crippen LogP contribution in [0.15, 0.2) is 0 Å². The van der Waals surface area contributed by atoms with Gasteiger partial charge in [0.25, 0.3) is 0 Å². The predicted molar refractivity (Wildman–Crippen MR) is 73.4 cm³/mol. The van der Waals surface area contributed by atoms with Gasteiger partial charge in [-0.3, -0.25) is 4.79 Å².